The Balaban J connectivity index is 1.40. The minimum absolute atomic E-state index is 0.106. The number of ether oxygens (including phenoxy) is 2. The molecule has 5 rings (SSSR count). The molecule has 0 atom stereocenters. The van der Waals surface area contributed by atoms with Crippen LogP contribution in [-0.2, 0) is 11.3 Å². The molecule has 0 bridgehead atoms. The van der Waals surface area contributed by atoms with Crippen LogP contribution in [0.15, 0.2) is 85.1 Å². The van der Waals surface area contributed by atoms with Gasteiger partial charge in [0.25, 0.3) is 5.91 Å². The van der Waals surface area contributed by atoms with Gasteiger partial charge in [-0.15, -0.1) is 0 Å². The number of pyridine rings is 1. The van der Waals surface area contributed by atoms with E-state index in [1.165, 1.54) is 11.3 Å². The molecule has 6 nitrogen and oxygen atoms in total. The third-order valence-electron chi connectivity index (χ3n) is 5.32. The fourth-order valence-corrected chi connectivity index (χ4v) is 4.67. The highest BCUT2D eigenvalue weighted by atomic mass is 32.1. The molecule has 7 heteroatoms. The Morgan fingerprint density at radius 1 is 0.912 bits per heavy atom. The van der Waals surface area contributed by atoms with Crippen LogP contribution in [-0.4, -0.2) is 29.1 Å². The fourth-order valence-electron chi connectivity index (χ4n) is 3.66. The summed E-state index contributed by atoms with van der Waals surface area (Å²) in [5, 5.41) is 2.79. The minimum Gasteiger partial charge on any atom is -0.494 e. The zero-order valence-corrected chi connectivity index (χ0v) is 19.5. The van der Waals surface area contributed by atoms with Gasteiger partial charge in [-0.3, -0.25) is 14.7 Å². The molecule has 1 amide bonds. The van der Waals surface area contributed by atoms with Crippen LogP contribution in [0.2, 0.25) is 0 Å². The minimum atomic E-state index is -0.192. The van der Waals surface area contributed by atoms with Crippen molar-refractivity contribution in [2.24, 2.45) is 0 Å². The van der Waals surface area contributed by atoms with Crippen molar-refractivity contribution in [1.82, 2.24) is 9.97 Å². The number of amides is 1. The van der Waals surface area contributed by atoms with Crippen molar-refractivity contribution in [3.63, 3.8) is 0 Å². The van der Waals surface area contributed by atoms with Crippen LogP contribution in [0.1, 0.15) is 12.6 Å². The predicted molar refractivity (Wildman–Crippen MR) is 136 cm³/mol. The smallest absolute Gasteiger partial charge is 0.267 e. The lowest BCUT2D eigenvalue weighted by Gasteiger charge is -2.19. The molecule has 2 aromatic heterocycles. The molecular formula is C27H23N3O3S. The second-order valence-electron chi connectivity index (χ2n) is 7.66. The summed E-state index contributed by atoms with van der Waals surface area (Å²) in [5.41, 5.74) is 1.59. The summed E-state index contributed by atoms with van der Waals surface area (Å²) in [4.78, 5) is 24.1. The van der Waals surface area contributed by atoms with Crippen LogP contribution in [0.3, 0.4) is 0 Å². The van der Waals surface area contributed by atoms with Crippen molar-refractivity contribution in [2.75, 3.05) is 18.1 Å². The van der Waals surface area contributed by atoms with E-state index < -0.39 is 0 Å². The van der Waals surface area contributed by atoms with E-state index in [2.05, 4.69) is 4.98 Å². The van der Waals surface area contributed by atoms with Crippen LogP contribution >= 0.6 is 11.3 Å². The van der Waals surface area contributed by atoms with Crippen LogP contribution in [0, 0.1) is 0 Å². The monoisotopic (exact) mass is 469 g/mol. The van der Waals surface area contributed by atoms with Crippen LogP contribution in [0.4, 0.5) is 5.13 Å². The lowest BCUT2D eigenvalue weighted by atomic mass is 10.1. The summed E-state index contributed by atoms with van der Waals surface area (Å²) in [5.74, 6) is 1.24. The highest BCUT2D eigenvalue weighted by Gasteiger charge is 2.21. The van der Waals surface area contributed by atoms with Gasteiger partial charge in [0.15, 0.2) is 11.7 Å². The molecule has 0 spiro atoms. The summed E-state index contributed by atoms with van der Waals surface area (Å²) in [6.45, 7) is 2.74. The zero-order chi connectivity index (χ0) is 23.3. The number of benzene rings is 3. The average molecular weight is 470 g/mol. The van der Waals surface area contributed by atoms with Gasteiger partial charge in [0.1, 0.15) is 11.5 Å². The van der Waals surface area contributed by atoms with Gasteiger partial charge >= 0.3 is 0 Å². The summed E-state index contributed by atoms with van der Waals surface area (Å²) in [6.07, 6.45) is 1.72. The second kappa shape index (κ2) is 9.89. The Hall–Kier alpha value is -3.97. The Kier molecular flexibility index (Phi) is 6.35. The number of nitrogens with zero attached hydrogens (tertiary/aromatic N) is 3. The van der Waals surface area contributed by atoms with Gasteiger partial charge in [0.05, 0.1) is 29.1 Å². The van der Waals surface area contributed by atoms with Crippen molar-refractivity contribution < 1.29 is 14.3 Å². The number of hydrogen-bond acceptors (Lipinski definition) is 6. The van der Waals surface area contributed by atoms with Gasteiger partial charge < -0.3 is 9.47 Å². The first-order chi connectivity index (χ1) is 16.7. The number of carbonyl (C=O) groups excluding carboxylic acids is 1. The summed E-state index contributed by atoms with van der Waals surface area (Å²) in [6, 6.07) is 25.3. The van der Waals surface area contributed by atoms with Gasteiger partial charge in [0, 0.05) is 6.20 Å². The molecule has 0 unspecified atom stereocenters. The zero-order valence-electron chi connectivity index (χ0n) is 18.7. The molecule has 0 saturated carbocycles. The summed E-state index contributed by atoms with van der Waals surface area (Å²) in [7, 11) is 0. The fraction of sp³-hybridized carbons (Fsp3) is 0.148. The SMILES string of the molecule is CCOc1ccc2nc(N(Cc3ccccn3)C(=O)COc3ccc4ccccc4c3)sc2c1. The molecular weight excluding hydrogens is 446 g/mol. The molecule has 170 valence electrons. The highest BCUT2D eigenvalue weighted by Crippen LogP contribution is 2.32. The van der Waals surface area contributed by atoms with E-state index in [0.29, 0.717) is 24.0 Å². The van der Waals surface area contributed by atoms with Crippen LogP contribution in [0.25, 0.3) is 21.0 Å². The van der Waals surface area contributed by atoms with Crippen molar-refractivity contribution in [3.05, 3.63) is 90.8 Å². The summed E-state index contributed by atoms with van der Waals surface area (Å²) >= 11 is 1.45. The maximum atomic E-state index is 13.3. The normalized spacial score (nSPS) is 11.0. The Morgan fingerprint density at radius 3 is 2.53 bits per heavy atom. The first kappa shape index (κ1) is 21.9. The van der Waals surface area contributed by atoms with E-state index in [1.807, 2.05) is 85.8 Å². The molecule has 34 heavy (non-hydrogen) atoms. The van der Waals surface area contributed by atoms with Gasteiger partial charge in [-0.25, -0.2) is 4.98 Å². The Labute approximate surface area is 201 Å². The lowest BCUT2D eigenvalue weighted by molar-refractivity contribution is -0.120. The second-order valence-corrected chi connectivity index (χ2v) is 8.67. The van der Waals surface area contributed by atoms with Crippen LogP contribution < -0.4 is 14.4 Å². The van der Waals surface area contributed by atoms with Crippen LogP contribution in [0.5, 0.6) is 11.5 Å². The molecule has 0 fully saturated rings. The number of anilines is 1. The first-order valence-corrected chi connectivity index (χ1v) is 11.9. The molecule has 0 aliphatic carbocycles. The number of rotatable bonds is 8. The van der Waals surface area contributed by atoms with E-state index in [0.717, 1.165) is 32.4 Å². The quantitative estimate of drug-likeness (QED) is 0.285. The van der Waals surface area contributed by atoms with Crippen molar-refractivity contribution in [1.29, 1.82) is 0 Å². The average Bonchev–Trinajstić information content (AvgIpc) is 3.29. The first-order valence-electron chi connectivity index (χ1n) is 11.0. The number of carbonyl (C=O) groups is 1. The van der Waals surface area contributed by atoms with Gasteiger partial charge in [-0.05, 0) is 60.2 Å². The predicted octanol–water partition coefficient (Wildman–Crippen LogP) is 5.86. The molecule has 0 N–H and O–H groups in total. The van der Waals surface area contributed by atoms with Crippen molar-refractivity contribution in [2.45, 2.75) is 13.5 Å². The van der Waals surface area contributed by atoms with E-state index in [-0.39, 0.29) is 12.5 Å². The molecule has 0 aliphatic rings. The van der Waals surface area contributed by atoms with Crippen molar-refractivity contribution in [3.8, 4) is 11.5 Å². The summed E-state index contributed by atoms with van der Waals surface area (Å²) < 4.78 is 12.5. The molecule has 0 saturated heterocycles. The Morgan fingerprint density at radius 2 is 1.71 bits per heavy atom. The number of hydrogen-bond donors (Lipinski definition) is 0. The van der Waals surface area contributed by atoms with Gasteiger partial charge in [-0.1, -0.05) is 47.7 Å². The third kappa shape index (κ3) is 4.84. The number of aromatic nitrogens is 2. The van der Waals surface area contributed by atoms with Gasteiger partial charge in [0.2, 0.25) is 0 Å². The van der Waals surface area contributed by atoms with E-state index in [4.69, 9.17) is 14.5 Å². The molecule has 0 radical (unpaired) electrons. The van der Waals surface area contributed by atoms with E-state index in [9.17, 15) is 4.79 Å². The largest absolute Gasteiger partial charge is 0.494 e. The lowest BCUT2D eigenvalue weighted by Crippen LogP contribution is -2.34. The number of fused-ring (bicyclic) bond motifs is 2. The molecule has 2 heterocycles. The highest BCUT2D eigenvalue weighted by molar-refractivity contribution is 7.22. The standard InChI is InChI=1S/C27H23N3O3S/c1-2-32-23-12-13-24-25(16-23)34-27(29-24)30(17-21-9-5-6-14-28-21)26(31)18-33-22-11-10-19-7-3-4-8-20(19)15-22/h3-16H,2,17-18H2,1H3. The molecule has 3 aromatic carbocycles. The molecule has 5 aromatic rings. The van der Waals surface area contributed by atoms with E-state index in [1.54, 1.807) is 11.1 Å². The molecule has 0 aliphatic heterocycles. The maximum absolute atomic E-state index is 13.3. The van der Waals surface area contributed by atoms with Gasteiger partial charge in [-0.2, -0.15) is 0 Å². The maximum Gasteiger partial charge on any atom is 0.267 e. The van der Waals surface area contributed by atoms with E-state index >= 15 is 0 Å². The topological polar surface area (TPSA) is 64.5 Å². The third-order valence-corrected chi connectivity index (χ3v) is 6.36. The number of thiazole rings is 1. The Bertz CT molecular complexity index is 1440. The van der Waals surface area contributed by atoms with Crippen molar-refractivity contribution >= 4 is 43.4 Å².